The van der Waals surface area contributed by atoms with Gasteiger partial charge in [-0.15, -0.1) is 0 Å². The summed E-state index contributed by atoms with van der Waals surface area (Å²) in [5.74, 6) is 8.56. The van der Waals surface area contributed by atoms with Gasteiger partial charge in [0, 0.05) is 0 Å². The van der Waals surface area contributed by atoms with Crippen molar-refractivity contribution < 1.29 is 0 Å². The molecular formula is C25H40. The zero-order chi connectivity index (χ0) is 16.6. The topological polar surface area (TPSA) is 0 Å². The van der Waals surface area contributed by atoms with E-state index in [0.717, 1.165) is 47.3 Å². The van der Waals surface area contributed by atoms with Gasteiger partial charge >= 0.3 is 0 Å². The summed E-state index contributed by atoms with van der Waals surface area (Å²) in [4.78, 5) is 0. The minimum atomic E-state index is 0.958. The van der Waals surface area contributed by atoms with Crippen molar-refractivity contribution in [3.05, 3.63) is 12.2 Å². The maximum absolute atomic E-state index is 2.68. The molecule has 5 aliphatic rings. The van der Waals surface area contributed by atoms with Crippen LogP contribution in [0.4, 0.5) is 0 Å². The Morgan fingerprint density at radius 3 is 2.16 bits per heavy atom. The average Bonchev–Trinajstić information content (AvgIpc) is 3.27. The number of hydrogen-bond donors (Lipinski definition) is 0. The van der Waals surface area contributed by atoms with E-state index in [1.54, 1.807) is 57.8 Å². The molecule has 140 valence electrons. The van der Waals surface area contributed by atoms with Crippen LogP contribution in [0.2, 0.25) is 0 Å². The predicted molar refractivity (Wildman–Crippen MR) is 106 cm³/mol. The van der Waals surface area contributed by atoms with Crippen molar-refractivity contribution >= 4 is 0 Å². The molecule has 0 aromatic heterocycles. The van der Waals surface area contributed by atoms with Gasteiger partial charge in [-0.3, -0.25) is 0 Å². The molecule has 0 nitrogen and oxygen atoms in total. The summed E-state index contributed by atoms with van der Waals surface area (Å²) in [5, 5.41) is 0. The lowest BCUT2D eigenvalue weighted by atomic mass is 9.63. The van der Waals surface area contributed by atoms with E-state index in [9.17, 15) is 0 Å². The average molecular weight is 341 g/mol. The van der Waals surface area contributed by atoms with Crippen LogP contribution in [0.1, 0.15) is 96.3 Å². The summed E-state index contributed by atoms with van der Waals surface area (Å²) < 4.78 is 0. The molecule has 0 saturated heterocycles. The van der Waals surface area contributed by atoms with Gasteiger partial charge in [0.05, 0.1) is 0 Å². The molecular weight excluding hydrogens is 300 g/mol. The van der Waals surface area contributed by atoms with E-state index in [-0.39, 0.29) is 0 Å². The predicted octanol–water partition coefficient (Wildman–Crippen LogP) is 7.39. The van der Waals surface area contributed by atoms with Crippen molar-refractivity contribution in [2.45, 2.75) is 96.3 Å². The lowest BCUT2D eigenvalue weighted by molar-refractivity contribution is 0.0820. The first-order chi connectivity index (χ1) is 12.4. The number of allylic oxidation sites excluding steroid dienone is 2. The summed E-state index contributed by atoms with van der Waals surface area (Å²) in [6.07, 6.45) is 28.6. The SMILES string of the molecule is C1=CC(CC2CCCCC2C2CCC3CCCCC32)C2CCCCC12. The van der Waals surface area contributed by atoms with E-state index in [1.165, 1.54) is 38.5 Å². The van der Waals surface area contributed by atoms with Crippen molar-refractivity contribution in [3.8, 4) is 0 Å². The second-order valence-electron chi connectivity index (χ2n) is 10.6. The van der Waals surface area contributed by atoms with E-state index in [1.807, 2.05) is 0 Å². The van der Waals surface area contributed by atoms with Crippen LogP contribution in [0.15, 0.2) is 12.2 Å². The van der Waals surface area contributed by atoms with Gasteiger partial charge in [0.15, 0.2) is 0 Å². The highest BCUT2D eigenvalue weighted by atomic mass is 14.5. The van der Waals surface area contributed by atoms with E-state index < -0.39 is 0 Å². The Bertz CT molecular complexity index is 476. The molecule has 8 unspecified atom stereocenters. The molecule has 8 atom stereocenters. The molecule has 0 radical (unpaired) electrons. The molecule has 0 N–H and O–H groups in total. The van der Waals surface area contributed by atoms with Gasteiger partial charge in [-0.2, -0.15) is 0 Å². The minimum Gasteiger partial charge on any atom is -0.0848 e. The van der Waals surface area contributed by atoms with Crippen LogP contribution in [0, 0.1) is 47.3 Å². The fourth-order valence-electron chi connectivity index (χ4n) is 8.39. The molecule has 25 heavy (non-hydrogen) atoms. The van der Waals surface area contributed by atoms with Crippen molar-refractivity contribution in [3.63, 3.8) is 0 Å². The minimum absolute atomic E-state index is 0.958. The fourth-order valence-corrected chi connectivity index (χ4v) is 8.39. The molecule has 5 rings (SSSR count). The van der Waals surface area contributed by atoms with Crippen LogP contribution in [0.5, 0.6) is 0 Å². The van der Waals surface area contributed by atoms with Crippen molar-refractivity contribution in [1.82, 2.24) is 0 Å². The summed E-state index contributed by atoms with van der Waals surface area (Å²) in [6, 6.07) is 0. The third-order valence-electron chi connectivity index (χ3n) is 9.51. The largest absolute Gasteiger partial charge is 0.0848 e. The Hall–Kier alpha value is -0.260. The molecule has 0 amide bonds. The maximum Gasteiger partial charge on any atom is -0.0197 e. The Balaban J connectivity index is 1.27. The summed E-state index contributed by atoms with van der Waals surface area (Å²) in [7, 11) is 0. The highest BCUT2D eigenvalue weighted by molar-refractivity contribution is 5.08. The third kappa shape index (κ3) is 3.25. The zero-order valence-electron chi connectivity index (χ0n) is 16.4. The molecule has 4 fully saturated rings. The van der Waals surface area contributed by atoms with Crippen molar-refractivity contribution in [2.24, 2.45) is 47.3 Å². The van der Waals surface area contributed by atoms with E-state index >= 15 is 0 Å². The first-order valence-electron chi connectivity index (χ1n) is 12.1. The summed E-state index contributed by atoms with van der Waals surface area (Å²) >= 11 is 0. The van der Waals surface area contributed by atoms with Gasteiger partial charge in [-0.1, -0.05) is 63.5 Å². The molecule has 0 aliphatic heterocycles. The quantitative estimate of drug-likeness (QED) is 0.470. The van der Waals surface area contributed by atoms with Gasteiger partial charge < -0.3 is 0 Å². The van der Waals surface area contributed by atoms with Crippen LogP contribution >= 0.6 is 0 Å². The van der Waals surface area contributed by atoms with E-state index in [4.69, 9.17) is 0 Å². The molecule has 5 aliphatic carbocycles. The number of rotatable bonds is 3. The molecule has 0 spiro atoms. The summed E-state index contributed by atoms with van der Waals surface area (Å²) in [6.45, 7) is 0. The van der Waals surface area contributed by atoms with Gasteiger partial charge in [0.1, 0.15) is 0 Å². The highest BCUT2D eigenvalue weighted by Gasteiger charge is 2.45. The van der Waals surface area contributed by atoms with Crippen LogP contribution in [0.25, 0.3) is 0 Å². The highest BCUT2D eigenvalue weighted by Crippen LogP contribution is 2.54. The molecule has 0 bridgehead atoms. The first-order valence-corrected chi connectivity index (χ1v) is 12.1. The Morgan fingerprint density at radius 2 is 1.24 bits per heavy atom. The van der Waals surface area contributed by atoms with Crippen LogP contribution in [-0.4, -0.2) is 0 Å². The lowest BCUT2D eigenvalue weighted by Crippen LogP contribution is -2.33. The zero-order valence-corrected chi connectivity index (χ0v) is 16.4. The van der Waals surface area contributed by atoms with Gasteiger partial charge in [0.2, 0.25) is 0 Å². The second kappa shape index (κ2) is 7.40. The first kappa shape index (κ1) is 16.9. The maximum atomic E-state index is 2.68. The van der Waals surface area contributed by atoms with E-state index in [0.29, 0.717) is 0 Å². The van der Waals surface area contributed by atoms with Crippen LogP contribution in [-0.2, 0) is 0 Å². The summed E-state index contributed by atoms with van der Waals surface area (Å²) in [5.41, 5.74) is 0. The molecule has 0 heterocycles. The van der Waals surface area contributed by atoms with Gasteiger partial charge in [-0.05, 0) is 92.3 Å². The van der Waals surface area contributed by atoms with Gasteiger partial charge in [-0.25, -0.2) is 0 Å². The standard InChI is InChI=1S/C25H40/c1-4-10-22-18(7-1)13-14-21(22)17-20-9-3-6-12-24(20)25-16-15-19-8-2-5-11-23(19)25/h13-14,18-25H,1-12,15-17H2. The number of hydrogen-bond acceptors (Lipinski definition) is 0. The smallest absolute Gasteiger partial charge is 0.0197 e. The van der Waals surface area contributed by atoms with Gasteiger partial charge in [0.25, 0.3) is 0 Å². The fraction of sp³-hybridized carbons (Fsp3) is 0.920. The Morgan fingerprint density at radius 1 is 0.520 bits per heavy atom. The molecule has 4 saturated carbocycles. The number of fused-ring (bicyclic) bond motifs is 2. The van der Waals surface area contributed by atoms with Crippen LogP contribution in [0.3, 0.4) is 0 Å². The van der Waals surface area contributed by atoms with Crippen LogP contribution < -0.4 is 0 Å². The van der Waals surface area contributed by atoms with E-state index in [2.05, 4.69) is 12.2 Å². The molecule has 0 aromatic rings. The normalized spacial score (nSPS) is 49.8. The monoisotopic (exact) mass is 340 g/mol. The van der Waals surface area contributed by atoms with Crippen molar-refractivity contribution in [1.29, 1.82) is 0 Å². The molecule has 0 heteroatoms. The molecule has 0 aromatic carbocycles. The lowest BCUT2D eigenvalue weighted by Gasteiger charge is -2.42. The Kier molecular flexibility index (Phi) is 4.99. The Labute approximate surface area is 156 Å². The third-order valence-corrected chi connectivity index (χ3v) is 9.51. The van der Waals surface area contributed by atoms with Crippen molar-refractivity contribution in [2.75, 3.05) is 0 Å². The second-order valence-corrected chi connectivity index (χ2v) is 10.6.